The van der Waals surface area contributed by atoms with Crippen molar-refractivity contribution in [2.75, 3.05) is 6.54 Å². The molecule has 2 nitrogen and oxygen atoms in total. The SMILES string of the molecule is CC(C)(O)C#Cc1cccc([C@H]2C[C@@H]2CN)c1. The minimum atomic E-state index is -0.935. The molecule has 1 aromatic rings. The molecular formula is C15H19NO. The highest BCUT2D eigenvalue weighted by molar-refractivity contribution is 5.40. The molecule has 1 aromatic carbocycles. The highest BCUT2D eigenvalue weighted by atomic mass is 16.3. The minimum Gasteiger partial charge on any atom is -0.378 e. The van der Waals surface area contributed by atoms with Gasteiger partial charge in [0.05, 0.1) is 0 Å². The van der Waals surface area contributed by atoms with E-state index in [2.05, 4.69) is 24.0 Å². The normalized spacial score (nSPS) is 22.8. The van der Waals surface area contributed by atoms with E-state index in [1.807, 2.05) is 12.1 Å². The van der Waals surface area contributed by atoms with Crippen molar-refractivity contribution in [2.24, 2.45) is 11.7 Å². The Morgan fingerprint density at radius 1 is 1.47 bits per heavy atom. The van der Waals surface area contributed by atoms with Gasteiger partial charge >= 0.3 is 0 Å². The van der Waals surface area contributed by atoms with Gasteiger partial charge in [-0.05, 0) is 56.3 Å². The summed E-state index contributed by atoms with van der Waals surface area (Å²) in [6.07, 6.45) is 1.19. The Balaban J connectivity index is 2.15. The average molecular weight is 229 g/mol. The van der Waals surface area contributed by atoms with Crippen molar-refractivity contribution in [3.63, 3.8) is 0 Å². The number of hydrogen-bond donors (Lipinski definition) is 2. The molecule has 0 spiro atoms. The summed E-state index contributed by atoms with van der Waals surface area (Å²) >= 11 is 0. The molecule has 17 heavy (non-hydrogen) atoms. The fourth-order valence-electron chi connectivity index (χ4n) is 1.99. The number of benzene rings is 1. The molecule has 1 fully saturated rings. The molecule has 0 amide bonds. The van der Waals surface area contributed by atoms with Crippen molar-refractivity contribution in [2.45, 2.75) is 31.8 Å². The van der Waals surface area contributed by atoms with Gasteiger partial charge < -0.3 is 10.8 Å². The van der Waals surface area contributed by atoms with Crippen molar-refractivity contribution < 1.29 is 5.11 Å². The highest BCUT2D eigenvalue weighted by Gasteiger charge is 2.36. The third kappa shape index (κ3) is 3.33. The van der Waals surface area contributed by atoms with Crippen LogP contribution in [0, 0.1) is 17.8 Å². The van der Waals surface area contributed by atoms with Crippen LogP contribution in [0.5, 0.6) is 0 Å². The third-order valence-corrected chi connectivity index (χ3v) is 3.05. The van der Waals surface area contributed by atoms with E-state index in [4.69, 9.17) is 5.73 Å². The molecule has 1 saturated carbocycles. The second kappa shape index (κ2) is 4.52. The lowest BCUT2D eigenvalue weighted by molar-refractivity contribution is 0.143. The van der Waals surface area contributed by atoms with Gasteiger partial charge in [-0.1, -0.05) is 24.0 Å². The third-order valence-electron chi connectivity index (χ3n) is 3.05. The maximum absolute atomic E-state index is 9.56. The maximum atomic E-state index is 9.56. The Labute approximate surface area is 103 Å². The zero-order valence-electron chi connectivity index (χ0n) is 10.4. The molecule has 3 N–H and O–H groups in total. The molecule has 2 rings (SSSR count). The Hall–Kier alpha value is -1.30. The van der Waals surface area contributed by atoms with E-state index in [1.165, 1.54) is 12.0 Å². The molecule has 0 unspecified atom stereocenters. The highest BCUT2D eigenvalue weighted by Crippen LogP contribution is 2.46. The van der Waals surface area contributed by atoms with E-state index >= 15 is 0 Å². The van der Waals surface area contributed by atoms with Crippen molar-refractivity contribution in [3.8, 4) is 11.8 Å². The molecular weight excluding hydrogens is 210 g/mol. The number of aliphatic hydroxyl groups is 1. The maximum Gasteiger partial charge on any atom is 0.120 e. The van der Waals surface area contributed by atoms with Gasteiger partial charge in [0, 0.05) is 5.56 Å². The predicted molar refractivity (Wildman–Crippen MR) is 69.5 cm³/mol. The fourth-order valence-corrected chi connectivity index (χ4v) is 1.99. The van der Waals surface area contributed by atoms with Crippen LogP contribution >= 0.6 is 0 Å². The lowest BCUT2D eigenvalue weighted by Crippen LogP contribution is -2.14. The molecule has 2 atom stereocenters. The topological polar surface area (TPSA) is 46.2 Å². The van der Waals surface area contributed by atoms with Crippen LogP contribution in [0.1, 0.15) is 37.3 Å². The summed E-state index contributed by atoms with van der Waals surface area (Å²) in [5, 5.41) is 9.56. The summed E-state index contributed by atoms with van der Waals surface area (Å²) in [5.41, 5.74) is 7.01. The fraction of sp³-hybridized carbons (Fsp3) is 0.467. The quantitative estimate of drug-likeness (QED) is 0.760. The summed E-state index contributed by atoms with van der Waals surface area (Å²) in [4.78, 5) is 0. The monoisotopic (exact) mass is 229 g/mol. The van der Waals surface area contributed by atoms with Crippen LogP contribution in [0.15, 0.2) is 24.3 Å². The molecule has 0 aliphatic heterocycles. The zero-order valence-corrected chi connectivity index (χ0v) is 10.4. The predicted octanol–water partition coefficient (Wildman–Crippen LogP) is 1.87. The van der Waals surface area contributed by atoms with Crippen molar-refractivity contribution >= 4 is 0 Å². The second-order valence-electron chi connectivity index (χ2n) is 5.27. The van der Waals surface area contributed by atoms with E-state index in [1.54, 1.807) is 13.8 Å². The van der Waals surface area contributed by atoms with Gasteiger partial charge in [-0.3, -0.25) is 0 Å². The number of hydrogen-bond acceptors (Lipinski definition) is 2. The van der Waals surface area contributed by atoms with Crippen LogP contribution in [-0.2, 0) is 0 Å². The summed E-state index contributed by atoms with van der Waals surface area (Å²) < 4.78 is 0. The first-order valence-corrected chi connectivity index (χ1v) is 6.05. The van der Waals surface area contributed by atoms with Gasteiger partial charge in [0.25, 0.3) is 0 Å². The molecule has 1 aliphatic rings. The molecule has 0 radical (unpaired) electrons. The van der Waals surface area contributed by atoms with Gasteiger partial charge in [0.1, 0.15) is 5.60 Å². The zero-order chi connectivity index (χ0) is 12.5. The molecule has 0 aromatic heterocycles. The molecule has 90 valence electrons. The van der Waals surface area contributed by atoms with Crippen LogP contribution in [0.2, 0.25) is 0 Å². The van der Waals surface area contributed by atoms with Crippen LogP contribution in [0.3, 0.4) is 0 Å². The van der Waals surface area contributed by atoms with E-state index in [0.29, 0.717) is 11.8 Å². The average Bonchev–Trinajstić information content (AvgIpc) is 3.05. The Kier molecular flexibility index (Phi) is 3.24. The minimum absolute atomic E-state index is 0.615. The lowest BCUT2D eigenvalue weighted by atomic mass is 10.0. The molecule has 0 saturated heterocycles. The Morgan fingerprint density at radius 2 is 2.24 bits per heavy atom. The molecule has 0 heterocycles. The van der Waals surface area contributed by atoms with Gasteiger partial charge in [-0.15, -0.1) is 0 Å². The molecule has 1 aliphatic carbocycles. The number of rotatable bonds is 2. The van der Waals surface area contributed by atoms with Gasteiger partial charge in [-0.25, -0.2) is 0 Å². The van der Waals surface area contributed by atoms with Gasteiger partial charge in [-0.2, -0.15) is 0 Å². The number of nitrogens with two attached hydrogens (primary N) is 1. The summed E-state index contributed by atoms with van der Waals surface area (Å²) in [6.45, 7) is 4.15. The van der Waals surface area contributed by atoms with Crippen LogP contribution < -0.4 is 5.73 Å². The largest absolute Gasteiger partial charge is 0.378 e. The lowest BCUT2D eigenvalue weighted by Gasteiger charge is -2.06. The van der Waals surface area contributed by atoms with Crippen LogP contribution in [-0.4, -0.2) is 17.3 Å². The first kappa shape index (κ1) is 12.2. The van der Waals surface area contributed by atoms with Gasteiger partial charge in [0.15, 0.2) is 0 Å². The summed E-state index contributed by atoms with van der Waals surface area (Å²) in [5.74, 6) is 7.10. The standard InChI is InChI=1S/C15H19NO/c1-15(2,17)7-6-11-4-3-5-12(8-11)14-9-13(14)10-16/h3-5,8,13-14,17H,9-10,16H2,1-2H3/t13-,14-/m1/s1. The first-order chi connectivity index (χ1) is 7.99. The smallest absolute Gasteiger partial charge is 0.120 e. The second-order valence-corrected chi connectivity index (χ2v) is 5.27. The van der Waals surface area contributed by atoms with Crippen LogP contribution in [0.4, 0.5) is 0 Å². The summed E-state index contributed by atoms with van der Waals surface area (Å²) in [6, 6.07) is 8.24. The Morgan fingerprint density at radius 3 is 2.82 bits per heavy atom. The van der Waals surface area contributed by atoms with E-state index in [0.717, 1.165) is 12.1 Å². The first-order valence-electron chi connectivity index (χ1n) is 6.05. The van der Waals surface area contributed by atoms with E-state index in [-0.39, 0.29) is 0 Å². The van der Waals surface area contributed by atoms with Crippen molar-refractivity contribution in [1.29, 1.82) is 0 Å². The van der Waals surface area contributed by atoms with E-state index < -0.39 is 5.60 Å². The Bertz CT molecular complexity index is 462. The van der Waals surface area contributed by atoms with Crippen LogP contribution in [0.25, 0.3) is 0 Å². The van der Waals surface area contributed by atoms with E-state index in [9.17, 15) is 5.11 Å². The van der Waals surface area contributed by atoms with Crippen molar-refractivity contribution in [1.82, 2.24) is 0 Å². The molecule has 2 heteroatoms. The molecule has 0 bridgehead atoms. The van der Waals surface area contributed by atoms with Gasteiger partial charge in [0.2, 0.25) is 0 Å². The van der Waals surface area contributed by atoms with Crippen molar-refractivity contribution in [3.05, 3.63) is 35.4 Å². The summed E-state index contributed by atoms with van der Waals surface area (Å²) in [7, 11) is 0.